The molecule has 2 rings (SSSR count). The van der Waals surface area contributed by atoms with Crippen molar-refractivity contribution in [3.05, 3.63) is 11.3 Å². The molecule has 0 radical (unpaired) electrons. The molecule has 7 heteroatoms. The number of H-pyrrole nitrogens is 1. The first kappa shape index (κ1) is 16.5. The molecule has 1 aromatic heterocycles. The van der Waals surface area contributed by atoms with Crippen molar-refractivity contribution >= 4 is 10.0 Å². The molecule has 21 heavy (non-hydrogen) atoms. The molecule has 1 saturated carbocycles. The summed E-state index contributed by atoms with van der Waals surface area (Å²) in [5.41, 5.74) is 1.58. The Morgan fingerprint density at radius 1 is 1.48 bits per heavy atom. The van der Waals surface area contributed by atoms with E-state index in [9.17, 15) is 8.42 Å². The summed E-state index contributed by atoms with van der Waals surface area (Å²) < 4.78 is 26.8. The molecule has 0 bridgehead atoms. The van der Waals surface area contributed by atoms with E-state index in [1.54, 1.807) is 7.05 Å². The monoisotopic (exact) mass is 314 g/mol. The lowest BCUT2D eigenvalue weighted by Crippen LogP contribution is -2.32. The highest BCUT2D eigenvalue weighted by Gasteiger charge is 2.30. The number of hydrogen-bond donors (Lipinski definition) is 2. The quantitative estimate of drug-likeness (QED) is 0.764. The molecular weight excluding hydrogens is 288 g/mol. The van der Waals surface area contributed by atoms with E-state index in [-0.39, 0.29) is 5.03 Å². The Bertz CT molecular complexity index is 578. The molecule has 0 spiro atoms. The van der Waals surface area contributed by atoms with Gasteiger partial charge in [0, 0.05) is 37.4 Å². The molecule has 6 nitrogen and oxygen atoms in total. The summed E-state index contributed by atoms with van der Waals surface area (Å²) in [7, 11) is -1.90. The lowest BCUT2D eigenvalue weighted by atomic mass is 10.1. The molecule has 1 unspecified atom stereocenters. The number of aromatic nitrogens is 2. The number of nitrogens with zero attached hydrogens (tertiary/aromatic N) is 2. The van der Waals surface area contributed by atoms with Crippen LogP contribution in [-0.2, 0) is 16.6 Å². The Labute approximate surface area is 127 Å². The van der Waals surface area contributed by atoms with Crippen LogP contribution in [0.5, 0.6) is 0 Å². The van der Waals surface area contributed by atoms with Gasteiger partial charge in [-0.3, -0.25) is 5.10 Å². The molecule has 1 aliphatic rings. The second-order valence-corrected chi connectivity index (χ2v) is 8.05. The Kier molecular flexibility index (Phi) is 5.06. The molecule has 0 aromatic carbocycles. The predicted molar refractivity (Wildman–Crippen MR) is 82.5 cm³/mol. The summed E-state index contributed by atoms with van der Waals surface area (Å²) in [6.07, 6.45) is 3.30. The van der Waals surface area contributed by atoms with E-state index in [4.69, 9.17) is 0 Å². The Balaban J connectivity index is 2.18. The summed E-state index contributed by atoms with van der Waals surface area (Å²) in [4.78, 5) is 0. The molecule has 1 heterocycles. The third-order valence-corrected chi connectivity index (χ3v) is 5.90. The van der Waals surface area contributed by atoms with Gasteiger partial charge in [0.15, 0.2) is 5.03 Å². The van der Waals surface area contributed by atoms with Crippen molar-refractivity contribution in [2.45, 2.75) is 57.6 Å². The fraction of sp³-hybridized carbons (Fsp3) is 0.786. The van der Waals surface area contributed by atoms with Gasteiger partial charge < -0.3 is 5.32 Å². The van der Waals surface area contributed by atoms with E-state index in [0.29, 0.717) is 25.0 Å². The largest absolute Gasteiger partial charge is 0.310 e. The Morgan fingerprint density at radius 2 is 2.14 bits per heavy atom. The molecule has 1 fully saturated rings. The van der Waals surface area contributed by atoms with Crippen molar-refractivity contribution in [2.75, 3.05) is 13.6 Å². The van der Waals surface area contributed by atoms with Gasteiger partial charge in [-0.05, 0) is 25.7 Å². The first-order valence-corrected chi connectivity index (χ1v) is 9.03. The highest BCUT2D eigenvalue weighted by Crippen LogP contribution is 2.23. The van der Waals surface area contributed by atoms with Gasteiger partial charge in [-0.2, -0.15) is 9.40 Å². The summed E-state index contributed by atoms with van der Waals surface area (Å²) in [6.45, 7) is 7.05. The SMILES string of the molecule is CCC(C)CN(C)S(=O)(=O)c1n[nH]c(C)c1CNC1CC1. The summed E-state index contributed by atoms with van der Waals surface area (Å²) in [6, 6.07) is 0.535. The zero-order chi connectivity index (χ0) is 15.6. The predicted octanol–water partition coefficient (Wildman–Crippen LogP) is 1.64. The van der Waals surface area contributed by atoms with Gasteiger partial charge in [-0.15, -0.1) is 0 Å². The van der Waals surface area contributed by atoms with E-state index in [1.165, 1.54) is 17.1 Å². The van der Waals surface area contributed by atoms with Gasteiger partial charge in [0.1, 0.15) is 0 Å². The van der Waals surface area contributed by atoms with E-state index >= 15 is 0 Å². The van der Waals surface area contributed by atoms with Crippen LogP contribution in [0.4, 0.5) is 0 Å². The minimum Gasteiger partial charge on any atom is -0.310 e. The smallest absolute Gasteiger partial charge is 0.262 e. The van der Waals surface area contributed by atoms with Crippen LogP contribution < -0.4 is 5.32 Å². The minimum atomic E-state index is -3.53. The maximum Gasteiger partial charge on any atom is 0.262 e. The number of aryl methyl sites for hydroxylation is 1. The number of nitrogens with one attached hydrogen (secondary N) is 2. The van der Waals surface area contributed by atoms with Crippen LogP contribution >= 0.6 is 0 Å². The molecule has 0 saturated heterocycles. The molecular formula is C14H26N4O2S. The normalized spacial score (nSPS) is 17.4. The lowest BCUT2D eigenvalue weighted by Gasteiger charge is -2.20. The maximum atomic E-state index is 12.7. The number of rotatable bonds is 8. The van der Waals surface area contributed by atoms with Crippen LogP contribution in [0, 0.1) is 12.8 Å². The molecule has 1 aliphatic carbocycles. The van der Waals surface area contributed by atoms with E-state index in [1.807, 2.05) is 6.92 Å². The van der Waals surface area contributed by atoms with Gasteiger partial charge in [-0.1, -0.05) is 20.3 Å². The van der Waals surface area contributed by atoms with Crippen molar-refractivity contribution in [2.24, 2.45) is 5.92 Å². The third-order valence-electron chi connectivity index (χ3n) is 4.10. The van der Waals surface area contributed by atoms with Crippen molar-refractivity contribution < 1.29 is 8.42 Å². The van der Waals surface area contributed by atoms with Gasteiger partial charge in [0.2, 0.25) is 0 Å². The first-order valence-electron chi connectivity index (χ1n) is 7.59. The standard InChI is InChI=1S/C14H26N4O2S/c1-5-10(2)9-18(4)21(19,20)14-13(11(3)16-17-14)8-15-12-6-7-12/h10,12,15H,5-9H2,1-4H3,(H,16,17). The Hall–Kier alpha value is -0.920. The molecule has 1 atom stereocenters. The fourth-order valence-corrected chi connectivity index (χ4v) is 3.64. The van der Waals surface area contributed by atoms with Crippen molar-refractivity contribution in [3.8, 4) is 0 Å². The van der Waals surface area contributed by atoms with Gasteiger partial charge >= 0.3 is 0 Å². The van der Waals surface area contributed by atoms with Crippen molar-refractivity contribution in [1.82, 2.24) is 19.8 Å². The van der Waals surface area contributed by atoms with Gasteiger partial charge in [-0.25, -0.2) is 8.42 Å². The number of hydrogen-bond acceptors (Lipinski definition) is 4. The summed E-state index contributed by atoms with van der Waals surface area (Å²) >= 11 is 0. The van der Waals surface area contributed by atoms with Crippen LogP contribution in [-0.4, -0.2) is 42.6 Å². The Morgan fingerprint density at radius 3 is 2.71 bits per heavy atom. The van der Waals surface area contributed by atoms with Crippen molar-refractivity contribution in [3.63, 3.8) is 0 Å². The van der Waals surface area contributed by atoms with E-state index in [2.05, 4.69) is 29.4 Å². The zero-order valence-corrected chi connectivity index (χ0v) is 14.1. The van der Waals surface area contributed by atoms with Crippen LogP contribution in [0.2, 0.25) is 0 Å². The van der Waals surface area contributed by atoms with E-state index < -0.39 is 10.0 Å². The van der Waals surface area contributed by atoms with Crippen LogP contribution in [0.1, 0.15) is 44.4 Å². The maximum absolute atomic E-state index is 12.7. The molecule has 0 aliphatic heterocycles. The third kappa shape index (κ3) is 3.84. The van der Waals surface area contributed by atoms with Crippen molar-refractivity contribution in [1.29, 1.82) is 0 Å². The first-order chi connectivity index (χ1) is 9.86. The van der Waals surface area contributed by atoms with E-state index in [0.717, 1.165) is 17.7 Å². The van der Waals surface area contributed by atoms with Gasteiger partial charge in [0.25, 0.3) is 10.0 Å². The molecule has 2 N–H and O–H groups in total. The second kappa shape index (κ2) is 6.46. The molecule has 120 valence electrons. The summed E-state index contributed by atoms with van der Waals surface area (Å²) in [5, 5.41) is 10.4. The zero-order valence-electron chi connectivity index (χ0n) is 13.3. The highest BCUT2D eigenvalue weighted by atomic mass is 32.2. The fourth-order valence-electron chi connectivity index (χ4n) is 2.20. The average molecular weight is 314 g/mol. The minimum absolute atomic E-state index is 0.166. The number of aromatic amines is 1. The molecule has 0 amide bonds. The lowest BCUT2D eigenvalue weighted by molar-refractivity contribution is 0.392. The highest BCUT2D eigenvalue weighted by molar-refractivity contribution is 7.89. The second-order valence-electron chi connectivity index (χ2n) is 6.09. The van der Waals surface area contributed by atoms with Crippen LogP contribution in [0.3, 0.4) is 0 Å². The van der Waals surface area contributed by atoms with Crippen LogP contribution in [0.25, 0.3) is 0 Å². The molecule has 1 aromatic rings. The summed E-state index contributed by atoms with van der Waals surface area (Å²) in [5.74, 6) is 0.331. The van der Waals surface area contributed by atoms with Crippen LogP contribution in [0.15, 0.2) is 5.03 Å². The average Bonchev–Trinajstić information content (AvgIpc) is 3.19. The topological polar surface area (TPSA) is 78.1 Å². The van der Waals surface area contributed by atoms with Gasteiger partial charge in [0.05, 0.1) is 0 Å². The number of sulfonamides is 1.